The van der Waals surface area contributed by atoms with E-state index in [0.717, 1.165) is 21.8 Å². The zero-order valence-electron chi connectivity index (χ0n) is 19.7. The normalized spacial score (nSPS) is 18.4. The van der Waals surface area contributed by atoms with Crippen molar-refractivity contribution in [1.82, 2.24) is 24.8 Å². The Morgan fingerprint density at radius 3 is 2.54 bits per heavy atom. The van der Waals surface area contributed by atoms with Gasteiger partial charge < -0.3 is 21.1 Å². The second kappa shape index (κ2) is 9.25. The van der Waals surface area contributed by atoms with E-state index in [4.69, 9.17) is 5.73 Å². The number of anilines is 1. The third-order valence-corrected chi connectivity index (χ3v) is 6.06. The summed E-state index contributed by atoms with van der Waals surface area (Å²) in [6.45, 7) is 0.840. The quantitative estimate of drug-likeness (QED) is 0.439. The van der Waals surface area contributed by atoms with Gasteiger partial charge in [-0.3, -0.25) is 9.59 Å². The van der Waals surface area contributed by atoms with Crippen LogP contribution in [-0.4, -0.2) is 67.3 Å². The van der Waals surface area contributed by atoms with Crippen molar-refractivity contribution in [2.45, 2.75) is 44.5 Å². The number of nitrogens with zero attached hydrogens (tertiary/aromatic N) is 4. The van der Waals surface area contributed by atoms with Crippen LogP contribution >= 0.6 is 0 Å². The molecule has 1 saturated heterocycles. The van der Waals surface area contributed by atoms with Crippen LogP contribution in [0.5, 0.6) is 0 Å². The number of alkyl halides is 5. The van der Waals surface area contributed by atoms with E-state index in [1.165, 1.54) is 32.0 Å². The Morgan fingerprint density at radius 1 is 1.22 bits per heavy atom. The van der Waals surface area contributed by atoms with Crippen LogP contribution in [0.1, 0.15) is 35.3 Å². The van der Waals surface area contributed by atoms with Crippen LogP contribution in [0.2, 0.25) is 0 Å². The van der Waals surface area contributed by atoms with Crippen LogP contribution < -0.4 is 11.1 Å². The number of carbonyl (C=O) groups is 2. The maximum absolute atomic E-state index is 14.6. The van der Waals surface area contributed by atoms with Crippen molar-refractivity contribution >= 4 is 23.1 Å². The number of halogens is 5. The molecule has 0 saturated carbocycles. The molecule has 0 aliphatic carbocycles. The lowest BCUT2D eigenvalue weighted by Gasteiger charge is -2.24. The number of carbonyl (C=O) groups excluding carboxylic acids is 2. The highest BCUT2D eigenvalue weighted by molar-refractivity contribution is 5.97. The van der Waals surface area contributed by atoms with Gasteiger partial charge >= 0.3 is 6.18 Å². The molecule has 1 aliphatic rings. The van der Waals surface area contributed by atoms with E-state index in [9.17, 15) is 36.6 Å². The van der Waals surface area contributed by atoms with Crippen LogP contribution in [0.4, 0.5) is 27.8 Å². The highest BCUT2D eigenvalue weighted by Gasteiger charge is 2.41. The molecule has 14 heteroatoms. The Bertz CT molecular complexity index is 1370. The molecule has 0 unspecified atom stereocenters. The highest BCUT2D eigenvalue weighted by Crippen LogP contribution is 2.39. The van der Waals surface area contributed by atoms with E-state index < -0.39 is 59.4 Å². The molecule has 2 amide bonds. The van der Waals surface area contributed by atoms with E-state index in [0.29, 0.717) is 0 Å². The Hall–Kier alpha value is -3.81. The number of nitrogens with one attached hydrogen (secondary N) is 1. The molecular weight excluding hydrogens is 503 g/mol. The number of amides is 2. The minimum absolute atomic E-state index is 0.0786. The molecule has 0 bridgehead atoms. The van der Waals surface area contributed by atoms with Crippen molar-refractivity contribution in [2.75, 3.05) is 18.8 Å². The number of hydrogen-bond donors (Lipinski definition) is 3. The van der Waals surface area contributed by atoms with Gasteiger partial charge in [0, 0.05) is 17.7 Å². The molecule has 0 radical (unpaired) electrons. The van der Waals surface area contributed by atoms with Crippen LogP contribution in [0.15, 0.2) is 30.6 Å². The maximum Gasteiger partial charge on any atom is 0.418 e. The minimum atomic E-state index is -4.79. The minimum Gasteiger partial charge on any atom is -0.382 e. The summed E-state index contributed by atoms with van der Waals surface area (Å²) in [7, 11) is 0. The van der Waals surface area contributed by atoms with Gasteiger partial charge in [0.05, 0.1) is 23.8 Å². The largest absolute Gasteiger partial charge is 0.418 e. The molecule has 2 atom stereocenters. The first kappa shape index (κ1) is 26.3. The van der Waals surface area contributed by atoms with Crippen LogP contribution in [0.3, 0.4) is 0 Å². The monoisotopic (exact) mass is 526 g/mol. The van der Waals surface area contributed by atoms with Gasteiger partial charge in [0.15, 0.2) is 5.82 Å². The average molecular weight is 526 g/mol. The second-order valence-electron chi connectivity index (χ2n) is 9.22. The number of aliphatic hydroxyl groups is 1. The molecule has 9 nitrogen and oxygen atoms in total. The summed E-state index contributed by atoms with van der Waals surface area (Å²) < 4.78 is 70.2. The number of likely N-dealkylation sites (tertiary alicyclic amines) is 1. The highest BCUT2D eigenvalue weighted by atomic mass is 19.4. The van der Waals surface area contributed by atoms with Crippen molar-refractivity contribution in [3.05, 3.63) is 47.3 Å². The predicted octanol–water partition coefficient (Wildman–Crippen LogP) is 2.52. The van der Waals surface area contributed by atoms with Crippen molar-refractivity contribution in [3.8, 4) is 11.3 Å². The van der Waals surface area contributed by atoms with E-state index in [-0.39, 0.29) is 35.5 Å². The first-order valence-corrected chi connectivity index (χ1v) is 11.1. The standard InChI is InChI=1S/C23H23F5N6O3/c1-22(2,37)21(36)33-8-15(25)16(9-33)32-20(35)13-5-11(3-4-12(13)7-24)17-6-14(23(26,27)28)18-19(29)30-10-31-34(17)18/h3-6,10,15-16,37H,7-9H2,1-2H3,(H,32,35)(H2,29,30,31)/t15-,16+/m0/s1. The SMILES string of the molecule is CC(C)(O)C(=O)N1C[C@H](F)[C@H](NC(=O)c2cc(-c3cc(C(F)(F)F)c4c(N)ncnn34)ccc2CF)C1. The van der Waals surface area contributed by atoms with Crippen molar-refractivity contribution < 1.29 is 36.6 Å². The van der Waals surface area contributed by atoms with Gasteiger partial charge in [-0.25, -0.2) is 18.3 Å². The Kier molecular flexibility index (Phi) is 6.56. The third-order valence-electron chi connectivity index (χ3n) is 6.06. The number of rotatable bonds is 5. The van der Waals surface area contributed by atoms with Crippen LogP contribution in [0, 0.1) is 0 Å². The number of nitrogens with two attached hydrogens (primary N) is 1. The maximum atomic E-state index is 14.6. The molecule has 2 aromatic heterocycles. The number of fused-ring (bicyclic) bond motifs is 1. The zero-order chi connectivity index (χ0) is 27.3. The van der Waals surface area contributed by atoms with E-state index in [1.807, 2.05) is 0 Å². The fraction of sp³-hybridized carbons (Fsp3) is 0.391. The lowest BCUT2D eigenvalue weighted by Crippen LogP contribution is -2.46. The molecule has 1 aromatic carbocycles. The number of aromatic nitrogens is 3. The summed E-state index contributed by atoms with van der Waals surface area (Å²) in [5.41, 5.74) is 2.06. The van der Waals surface area contributed by atoms with Crippen molar-refractivity contribution in [1.29, 1.82) is 0 Å². The Morgan fingerprint density at radius 2 is 1.92 bits per heavy atom. The summed E-state index contributed by atoms with van der Waals surface area (Å²) in [6.07, 6.45) is -5.47. The third kappa shape index (κ3) is 4.92. The smallest absolute Gasteiger partial charge is 0.382 e. The zero-order valence-corrected chi connectivity index (χ0v) is 19.7. The number of hydrogen-bond acceptors (Lipinski definition) is 6. The average Bonchev–Trinajstić information content (AvgIpc) is 3.39. The van der Waals surface area contributed by atoms with E-state index >= 15 is 0 Å². The van der Waals surface area contributed by atoms with Gasteiger partial charge in [0.1, 0.15) is 30.3 Å². The second-order valence-corrected chi connectivity index (χ2v) is 9.22. The first-order chi connectivity index (χ1) is 17.2. The molecule has 198 valence electrons. The van der Waals surface area contributed by atoms with Crippen molar-refractivity contribution in [2.24, 2.45) is 0 Å². The summed E-state index contributed by atoms with van der Waals surface area (Å²) in [6, 6.07) is 3.37. The van der Waals surface area contributed by atoms with Gasteiger partial charge in [-0.15, -0.1) is 0 Å². The van der Waals surface area contributed by atoms with Gasteiger partial charge in [-0.1, -0.05) is 12.1 Å². The Balaban J connectivity index is 1.69. The molecule has 1 aliphatic heterocycles. The molecule has 3 aromatic rings. The van der Waals surface area contributed by atoms with Crippen molar-refractivity contribution in [3.63, 3.8) is 0 Å². The molecular formula is C23H23F5N6O3. The topological polar surface area (TPSA) is 126 Å². The summed E-state index contributed by atoms with van der Waals surface area (Å²) >= 11 is 0. The van der Waals surface area contributed by atoms with E-state index in [1.54, 1.807) is 0 Å². The summed E-state index contributed by atoms with van der Waals surface area (Å²) in [5, 5.41) is 16.2. The number of benzene rings is 1. The van der Waals surface area contributed by atoms with Gasteiger partial charge in [0.2, 0.25) is 0 Å². The lowest BCUT2D eigenvalue weighted by molar-refractivity contribution is -0.146. The van der Waals surface area contributed by atoms with Gasteiger partial charge in [-0.05, 0) is 31.5 Å². The van der Waals surface area contributed by atoms with Gasteiger partial charge in [0.25, 0.3) is 11.8 Å². The fourth-order valence-corrected chi connectivity index (χ4v) is 4.25. The molecule has 37 heavy (non-hydrogen) atoms. The lowest BCUT2D eigenvalue weighted by atomic mass is 10.0. The molecule has 0 spiro atoms. The van der Waals surface area contributed by atoms with E-state index in [2.05, 4.69) is 15.4 Å². The van der Waals surface area contributed by atoms with Gasteiger partial charge in [-0.2, -0.15) is 18.3 Å². The Labute approximate surface area is 207 Å². The summed E-state index contributed by atoms with van der Waals surface area (Å²) in [4.78, 5) is 30.0. The first-order valence-electron chi connectivity index (χ1n) is 11.1. The summed E-state index contributed by atoms with van der Waals surface area (Å²) in [5.74, 6) is -2.02. The molecule has 4 rings (SSSR count). The van der Waals surface area contributed by atoms with Crippen LogP contribution in [0.25, 0.3) is 16.8 Å². The molecule has 1 fully saturated rings. The molecule has 3 heterocycles. The molecule has 4 N–H and O–H groups in total. The van der Waals surface area contributed by atoms with Crippen LogP contribution in [-0.2, 0) is 17.6 Å². The number of nitrogen functional groups attached to an aromatic ring is 1. The predicted molar refractivity (Wildman–Crippen MR) is 122 cm³/mol. The fourth-order valence-electron chi connectivity index (χ4n) is 4.25.